The van der Waals surface area contributed by atoms with E-state index in [2.05, 4.69) is 0 Å². The lowest BCUT2D eigenvalue weighted by Gasteiger charge is -2.38. The molecule has 1 aliphatic rings. The fourth-order valence-electron chi connectivity index (χ4n) is 1.04. The van der Waals surface area contributed by atoms with E-state index >= 15 is 0 Å². The highest BCUT2D eigenvalue weighted by atomic mass is 32.2. The zero-order valence-electron chi connectivity index (χ0n) is 5.99. The summed E-state index contributed by atoms with van der Waals surface area (Å²) in [5.41, 5.74) is -0.631. The van der Waals surface area contributed by atoms with Crippen LogP contribution in [0.5, 0.6) is 0 Å². The first-order chi connectivity index (χ1) is 4.97. The van der Waals surface area contributed by atoms with Gasteiger partial charge in [0.05, 0.1) is 31.0 Å². The number of sulfonamides is 1. The van der Waals surface area contributed by atoms with Crippen LogP contribution in [-0.4, -0.2) is 39.1 Å². The van der Waals surface area contributed by atoms with Crippen molar-refractivity contribution in [3.63, 3.8) is 0 Å². The predicted molar refractivity (Wildman–Crippen MR) is 38.3 cm³/mol. The van der Waals surface area contributed by atoms with Crippen molar-refractivity contribution in [3.8, 4) is 0 Å². The molecule has 0 saturated carbocycles. The molecule has 0 aromatic heterocycles. The van der Waals surface area contributed by atoms with E-state index in [0.29, 0.717) is 0 Å². The first kappa shape index (κ1) is 8.92. The van der Waals surface area contributed by atoms with E-state index < -0.39 is 15.4 Å². The van der Waals surface area contributed by atoms with E-state index in [1.807, 2.05) is 0 Å². The summed E-state index contributed by atoms with van der Waals surface area (Å²) in [6.45, 7) is 0.364. The molecule has 6 heteroatoms. The molecule has 5 nitrogen and oxygen atoms in total. The van der Waals surface area contributed by atoms with E-state index in [9.17, 15) is 8.42 Å². The molecule has 11 heavy (non-hydrogen) atoms. The van der Waals surface area contributed by atoms with E-state index in [1.165, 1.54) is 0 Å². The number of hydrogen-bond donors (Lipinski definition) is 2. The number of primary sulfonamides is 1. The van der Waals surface area contributed by atoms with Crippen molar-refractivity contribution >= 4 is 10.0 Å². The van der Waals surface area contributed by atoms with Crippen LogP contribution in [0.2, 0.25) is 0 Å². The van der Waals surface area contributed by atoms with Crippen LogP contribution in [0, 0.1) is 5.41 Å². The van der Waals surface area contributed by atoms with Crippen LogP contribution in [-0.2, 0) is 14.8 Å². The van der Waals surface area contributed by atoms with Crippen molar-refractivity contribution < 1.29 is 18.3 Å². The number of nitrogens with two attached hydrogens (primary N) is 1. The van der Waals surface area contributed by atoms with E-state index in [1.54, 1.807) is 0 Å². The smallest absolute Gasteiger partial charge is 0.209 e. The first-order valence-corrected chi connectivity index (χ1v) is 4.88. The maximum absolute atomic E-state index is 10.6. The SMILES string of the molecule is NS(=O)(=O)CC1(CO)COC1. The molecule has 0 unspecified atom stereocenters. The van der Waals surface area contributed by atoms with Crippen molar-refractivity contribution in [1.82, 2.24) is 0 Å². The molecule has 0 spiro atoms. The largest absolute Gasteiger partial charge is 0.396 e. The molecule has 0 aliphatic carbocycles. The van der Waals surface area contributed by atoms with Gasteiger partial charge in [-0.25, -0.2) is 13.6 Å². The number of aliphatic hydroxyl groups is 1. The lowest BCUT2D eigenvalue weighted by molar-refractivity contribution is -0.122. The van der Waals surface area contributed by atoms with Gasteiger partial charge < -0.3 is 9.84 Å². The molecule has 0 atom stereocenters. The fraction of sp³-hybridized carbons (Fsp3) is 1.00. The number of ether oxygens (including phenoxy) is 1. The summed E-state index contributed by atoms with van der Waals surface area (Å²) in [4.78, 5) is 0. The average molecular weight is 181 g/mol. The molecule has 0 bridgehead atoms. The van der Waals surface area contributed by atoms with Gasteiger partial charge in [0.15, 0.2) is 0 Å². The molecule has 66 valence electrons. The third-order valence-electron chi connectivity index (χ3n) is 1.66. The summed E-state index contributed by atoms with van der Waals surface area (Å²) < 4.78 is 26.0. The van der Waals surface area contributed by atoms with E-state index in [-0.39, 0.29) is 25.6 Å². The average Bonchev–Trinajstić information content (AvgIpc) is 1.77. The highest BCUT2D eigenvalue weighted by molar-refractivity contribution is 7.89. The minimum atomic E-state index is -3.49. The standard InChI is InChI=1S/C5H11NO4S/c6-11(8,9)4-5(1-7)2-10-3-5/h7H,1-4H2,(H2,6,8,9). The van der Waals surface area contributed by atoms with Crippen molar-refractivity contribution in [2.75, 3.05) is 25.6 Å². The maximum atomic E-state index is 10.6. The van der Waals surface area contributed by atoms with Gasteiger partial charge in [-0.15, -0.1) is 0 Å². The number of rotatable bonds is 3. The van der Waals surface area contributed by atoms with Crippen LogP contribution in [0.15, 0.2) is 0 Å². The lowest BCUT2D eigenvalue weighted by Crippen LogP contribution is -2.51. The van der Waals surface area contributed by atoms with Crippen molar-refractivity contribution in [1.29, 1.82) is 0 Å². The minimum absolute atomic E-state index is 0.191. The minimum Gasteiger partial charge on any atom is -0.396 e. The van der Waals surface area contributed by atoms with Crippen molar-refractivity contribution in [2.24, 2.45) is 10.6 Å². The quantitative estimate of drug-likeness (QED) is 0.542. The molecule has 1 fully saturated rings. The molecule has 0 radical (unpaired) electrons. The first-order valence-electron chi connectivity index (χ1n) is 3.17. The van der Waals surface area contributed by atoms with Crippen molar-refractivity contribution in [2.45, 2.75) is 0 Å². The van der Waals surface area contributed by atoms with Crippen LogP contribution in [0.4, 0.5) is 0 Å². The number of aliphatic hydroxyl groups excluding tert-OH is 1. The second-order valence-electron chi connectivity index (χ2n) is 2.96. The summed E-state index contributed by atoms with van der Waals surface area (Å²) >= 11 is 0. The molecular formula is C5H11NO4S. The molecule has 1 heterocycles. The van der Waals surface area contributed by atoms with Gasteiger partial charge in [-0.2, -0.15) is 0 Å². The zero-order chi connectivity index (χ0) is 8.54. The van der Waals surface area contributed by atoms with Gasteiger partial charge in [0, 0.05) is 0 Å². The van der Waals surface area contributed by atoms with Gasteiger partial charge in [0.1, 0.15) is 0 Å². The second-order valence-corrected chi connectivity index (χ2v) is 4.57. The monoisotopic (exact) mass is 181 g/mol. The van der Waals surface area contributed by atoms with E-state index in [0.717, 1.165) is 0 Å². The summed E-state index contributed by atoms with van der Waals surface area (Å²) in [5, 5.41) is 13.6. The van der Waals surface area contributed by atoms with Gasteiger partial charge in [-0.05, 0) is 0 Å². The van der Waals surface area contributed by atoms with Gasteiger partial charge in [-0.3, -0.25) is 0 Å². The van der Waals surface area contributed by atoms with Gasteiger partial charge in [0.25, 0.3) is 0 Å². The highest BCUT2D eigenvalue weighted by Gasteiger charge is 2.41. The lowest BCUT2D eigenvalue weighted by atomic mass is 9.90. The molecule has 0 aromatic rings. The van der Waals surface area contributed by atoms with Crippen LogP contribution in [0.25, 0.3) is 0 Å². The Balaban J connectivity index is 2.59. The molecule has 0 amide bonds. The van der Waals surface area contributed by atoms with Gasteiger partial charge in [0.2, 0.25) is 10.0 Å². The predicted octanol–water partition coefficient (Wildman–Crippen LogP) is -1.72. The summed E-state index contributed by atoms with van der Waals surface area (Å²) in [5.74, 6) is -0.198. The number of hydrogen-bond acceptors (Lipinski definition) is 4. The Morgan fingerprint density at radius 1 is 1.55 bits per heavy atom. The summed E-state index contributed by atoms with van der Waals surface area (Å²) in [7, 11) is -3.49. The van der Waals surface area contributed by atoms with Crippen LogP contribution >= 0.6 is 0 Å². The topological polar surface area (TPSA) is 89.6 Å². The highest BCUT2D eigenvalue weighted by Crippen LogP contribution is 2.27. The molecular weight excluding hydrogens is 170 g/mol. The third kappa shape index (κ3) is 2.13. The van der Waals surface area contributed by atoms with Crippen LogP contribution < -0.4 is 5.14 Å². The molecule has 1 rings (SSSR count). The molecule has 0 aromatic carbocycles. The maximum Gasteiger partial charge on any atom is 0.209 e. The Kier molecular flexibility index (Phi) is 2.19. The molecule has 1 saturated heterocycles. The Hall–Kier alpha value is -0.170. The Bertz CT molecular complexity index is 225. The normalized spacial score (nSPS) is 22.7. The second kappa shape index (κ2) is 2.71. The zero-order valence-corrected chi connectivity index (χ0v) is 6.80. The summed E-state index contributed by atoms with van der Waals surface area (Å²) in [6, 6.07) is 0. The van der Waals surface area contributed by atoms with Gasteiger partial charge in [-0.1, -0.05) is 0 Å². The van der Waals surface area contributed by atoms with Gasteiger partial charge >= 0.3 is 0 Å². The van der Waals surface area contributed by atoms with Crippen LogP contribution in [0.1, 0.15) is 0 Å². The Morgan fingerprint density at radius 3 is 2.18 bits per heavy atom. The fourth-order valence-corrected chi connectivity index (χ4v) is 2.15. The molecule has 3 N–H and O–H groups in total. The molecule has 1 aliphatic heterocycles. The Labute approximate surface area is 65.2 Å². The Morgan fingerprint density at radius 2 is 2.09 bits per heavy atom. The summed E-state index contributed by atoms with van der Waals surface area (Å²) in [6.07, 6.45) is 0. The van der Waals surface area contributed by atoms with Crippen molar-refractivity contribution in [3.05, 3.63) is 0 Å². The van der Waals surface area contributed by atoms with E-state index in [4.69, 9.17) is 15.0 Å². The van der Waals surface area contributed by atoms with Crippen LogP contribution in [0.3, 0.4) is 0 Å². The third-order valence-corrected chi connectivity index (χ3v) is 2.67.